The van der Waals surface area contributed by atoms with Crippen molar-refractivity contribution in [2.45, 2.75) is 26.7 Å². The quantitative estimate of drug-likeness (QED) is 0.663. The van der Waals surface area contributed by atoms with Crippen molar-refractivity contribution in [1.29, 1.82) is 0 Å². The molecule has 0 heterocycles. The summed E-state index contributed by atoms with van der Waals surface area (Å²) in [6.07, 6.45) is 4.54. The van der Waals surface area contributed by atoms with E-state index in [1.54, 1.807) is 0 Å². The fourth-order valence-corrected chi connectivity index (χ4v) is 1.54. The minimum atomic E-state index is 0.840. The summed E-state index contributed by atoms with van der Waals surface area (Å²) in [4.78, 5) is 0. The summed E-state index contributed by atoms with van der Waals surface area (Å²) in [7, 11) is 0. The monoisotopic (exact) mass is 194 g/mol. The minimum Gasteiger partial charge on any atom is -0.0837 e. The van der Waals surface area contributed by atoms with Gasteiger partial charge >= 0.3 is 0 Å². The van der Waals surface area contributed by atoms with Crippen molar-refractivity contribution in [3.8, 4) is 0 Å². The van der Waals surface area contributed by atoms with Crippen LogP contribution >= 0.6 is 11.6 Å². The smallest absolute Gasteiger partial charge is 0.0480 e. The van der Waals surface area contributed by atoms with Gasteiger partial charge in [0.15, 0.2) is 0 Å². The van der Waals surface area contributed by atoms with Gasteiger partial charge in [-0.3, -0.25) is 0 Å². The molecular weight excluding hydrogens is 180 g/mol. The number of allylic oxidation sites excluding steroid dienone is 2. The third-order valence-electron chi connectivity index (χ3n) is 2.04. The lowest BCUT2D eigenvalue weighted by Crippen LogP contribution is -1.80. The summed E-state index contributed by atoms with van der Waals surface area (Å²) in [5, 5.41) is 0.840. The van der Waals surface area contributed by atoms with E-state index in [-0.39, 0.29) is 0 Å². The molecule has 0 N–H and O–H groups in total. The fourth-order valence-electron chi connectivity index (χ4n) is 1.25. The van der Waals surface area contributed by atoms with Gasteiger partial charge in [-0.1, -0.05) is 49.2 Å². The highest BCUT2D eigenvalue weighted by atomic mass is 35.5. The van der Waals surface area contributed by atoms with Gasteiger partial charge in [0.25, 0.3) is 0 Å². The van der Waals surface area contributed by atoms with Crippen LogP contribution in [0.5, 0.6) is 0 Å². The van der Waals surface area contributed by atoms with Crippen molar-refractivity contribution in [2.75, 3.05) is 0 Å². The molecule has 0 aliphatic carbocycles. The van der Waals surface area contributed by atoms with E-state index in [4.69, 9.17) is 11.6 Å². The van der Waals surface area contributed by atoms with Crippen LogP contribution in [0, 0.1) is 0 Å². The van der Waals surface area contributed by atoms with Crippen LogP contribution in [0.1, 0.15) is 32.3 Å². The summed E-state index contributed by atoms with van der Waals surface area (Å²) >= 11 is 6.06. The second kappa shape index (κ2) is 5.08. The van der Waals surface area contributed by atoms with Gasteiger partial charge in [-0.15, -0.1) is 0 Å². The number of rotatable bonds is 3. The first kappa shape index (κ1) is 10.3. The molecule has 0 fully saturated rings. The molecular formula is C12H15Cl. The highest BCUT2D eigenvalue weighted by molar-refractivity contribution is 6.32. The maximum Gasteiger partial charge on any atom is 0.0480 e. The molecule has 1 heteroatoms. The highest BCUT2D eigenvalue weighted by Crippen LogP contribution is 2.23. The zero-order valence-corrected chi connectivity index (χ0v) is 8.93. The number of hydrogen-bond acceptors (Lipinski definition) is 0. The first-order valence-electron chi connectivity index (χ1n) is 4.67. The van der Waals surface area contributed by atoms with Gasteiger partial charge in [0.2, 0.25) is 0 Å². The number of unbranched alkanes of at least 4 members (excludes halogenated alkanes) is 1. The topological polar surface area (TPSA) is 0 Å². The lowest BCUT2D eigenvalue weighted by atomic mass is 10.1. The molecule has 1 aromatic carbocycles. The molecule has 0 aliphatic heterocycles. The van der Waals surface area contributed by atoms with E-state index in [1.807, 2.05) is 18.2 Å². The van der Waals surface area contributed by atoms with Crippen LogP contribution in [0.25, 0.3) is 5.57 Å². The van der Waals surface area contributed by atoms with E-state index in [9.17, 15) is 0 Å². The van der Waals surface area contributed by atoms with Crippen molar-refractivity contribution in [2.24, 2.45) is 0 Å². The molecule has 0 saturated carbocycles. The van der Waals surface area contributed by atoms with Gasteiger partial charge < -0.3 is 0 Å². The van der Waals surface area contributed by atoms with Crippen molar-refractivity contribution < 1.29 is 0 Å². The molecule has 1 aromatic rings. The molecule has 0 spiro atoms. The SMILES string of the molecule is CCC/C=C(/C)c1ccccc1Cl. The van der Waals surface area contributed by atoms with Crippen molar-refractivity contribution in [3.05, 3.63) is 40.9 Å². The Morgan fingerprint density at radius 3 is 2.69 bits per heavy atom. The van der Waals surface area contributed by atoms with Crippen LogP contribution in [0.2, 0.25) is 5.02 Å². The highest BCUT2D eigenvalue weighted by Gasteiger charge is 1.99. The summed E-state index contributed by atoms with van der Waals surface area (Å²) in [5.41, 5.74) is 2.42. The van der Waals surface area contributed by atoms with E-state index in [0.717, 1.165) is 17.0 Å². The Labute approximate surface area is 85.2 Å². The third kappa shape index (κ3) is 2.89. The second-order valence-corrected chi connectivity index (χ2v) is 3.56. The van der Waals surface area contributed by atoms with Crippen molar-refractivity contribution in [1.82, 2.24) is 0 Å². The van der Waals surface area contributed by atoms with Gasteiger partial charge in [0.05, 0.1) is 0 Å². The van der Waals surface area contributed by atoms with E-state index < -0.39 is 0 Å². The van der Waals surface area contributed by atoms with Gasteiger partial charge in [-0.2, -0.15) is 0 Å². The first-order valence-corrected chi connectivity index (χ1v) is 5.05. The summed E-state index contributed by atoms with van der Waals surface area (Å²) < 4.78 is 0. The number of halogens is 1. The Morgan fingerprint density at radius 1 is 1.38 bits per heavy atom. The predicted octanol–water partition coefficient (Wildman–Crippen LogP) is 4.54. The Morgan fingerprint density at radius 2 is 2.08 bits per heavy atom. The molecule has 0 aliphatic rings. The van der Waals surface area contributed by atoms with Crippen molar-refractivity contribution in [3.63, 3.8) is 0 Å². The summed E-state index contributed by atoms with van der Waals surface area (Å²) in [6, 6.07) is 7.97. The zero-order valence-electron chi connectivity index (χ0n) is 8.18. The zero-order chi connectivity index (χ0) is 9.68. The van der Waals surface area contributed by atoms with Gasteiger partial charge in [0.1, 0.15) is 0 Å². The Bertz CT molecular complexity index is 300. The second-order valence-electron chi connectivity index (χ2n) is 3.16. The van der Waals surface area contributed by atoms with Crippen LogP contribution in [0.15, 0.2) is 30.3 Å². The van der Waals surface area contributed by atoms with E-state index in [2.05, 4.69) is 26.0 Å². The lowest BCUT2D eigenvalue weighted by Gasteiger charge is -2.03. The maximum atomic E-state index is 6.06. The first-order chi connectivity index (χ1) is 6.25. The normalized spacial score (nSPS) is 11.8. The summed E-state index contributed by atoms with van der Waals surface area (Å²) in [6.45, 7) is 4.28. The van der Waals surface area contributed by atoms with Gasteiger partial charge in [-0.25, -0.2) is 0 Å². The van der Waals surface area contributed by atoms with Crippen molar-refractivity contribution >= 4 is 17.2 Å². The number of benzene rings is 1. The minimum absolute atomic E-state index is 0.840. The molecule has 70 valence electrons. The number of hydrogen-bond donors (Lipinski definition) is 0. The predicted molar refractivity (Wildman–Crippen MR) is 60.0 cm³/mol. The van der Waals surface area contributed by atoms with E-state index in [0.29, 0.717) is 0 Å². The molecule has 0 aromatic heterocycles. The van der Waals surface area contributed by atoms with E-state index in [1.165, 1.54) is 12.0 Å². The van der Waals surface area contributed by atoms with E-state index >= 15 is 0 Å². The molecule has 0 amide bonds. The molecule has 0 bridgehead atoms. The van der Waals surface area contributed by atoms with Crippen LogP contribution in [-0.4, -0.2) is 0 Å². The average molecular weight is 195 g/mol. The van der Waals surface area contributed by atoms with Crippen LogP contribution in [0.3, 0.4) is 0 Å². The maximum absolute atomic E-state index is 6.06. The Kier molecular flexibility index (Phi) is 4.04. The van der Waals surface area contributed by atoms with Gasteiger partial charge in [-0.05, 0) is 30.5 Å². The fraction of sp³-hybridized carbons (Fsp3) is 0.333. The average Bonchev–Trinajstić information content (AvgIpc) is 2.15. The van der Waals surface area contributed by atoms with Crippen LogP contribution in [-0.2, 0) is 0 Å². The third-order valence-corrected chi connectivity index (χ3v) is 2.37. The molecule has 1 rings (SSSR count). The van der Waals surface area contributed by atoms with Gasteiger partial charge in [0, 0.05) is 5.02 Å². The standard InChI is InChI=1S/C12H15Cl/c1-3-4-7-10(2)11-8-5-6-9-12(11)13/h5-9H,3-4H2,1-2H3/b10-7-. The molecule has 0 atom stereocenters. The summed E-state index contributed by atoms with van der Waals surface area (Å²) in [5.74, 6) is 0. The molecule has 0 unspecified atom stereocenters. The molecule has 0 radical (unpaired) electrons. The lowest BCUT2D eigenvalue weighted by molar-refractivity contribution is 0.959. The van der Waals surface area contributed by atoms with Crippen LogP contribution in [0.4, 0.5) is 0 Å². The Balaban J connectivity index is 2.88. The molecule has 13 heavy (non-hydrogen) atoms. The molecule has 0 saturated heterocycles. The molecule has 0 nitrogen and oxygen atoms in total. The largest absolute Gasteiger partial charge is 0.0837 e. The Hall–Kier alpha value is -0.750. The van der Waals surface area contributed by atoms with Crippen LogP contribution < -0.4 is 0 Å².